The number of hydrogen-bond donors (Lipinski definition) is 0. The Morgan fingerprint density at radius 1 is 1.29 bits per heavy atom. The van der Waals surface area contributed by atoms with Gasteiger partial charge in [-0.3, -0.25) is 4.90 Å². The molecular formula is C18H29NO2. The van der Waals surface area contributed by atoms with Gasteiger partial charge in [0.15, 0.2) is 0 Å². The van der Waals surface area contributed by atoms with Crippen molar-refractivity contribution in [3.05, 3.63) is 29.3 Å². The quantitative estimate of drug-likeness (QED) is 0.768. The third kappa shape index (κ3) is 4.72. The first kappa shape index (κ1) is 16.3. The van der Waals surface area contributed by atoms with Gasteiger partial charge >= 0.3 is 0 Å². The van der Waals surface area contributed by atoms with Crippen molar-refractivity contribution < 1.29 is 9.47 Å². The Hall–Kier alpha value is -1.06. The molecule has 118 valence electrons. The second kappa shape index (κ2) is 8.40. The van der Waals surface area contributed by atoms with E-state index in [2.05, 4.69) is 36.9 Å². The second-order valence-corrected chi connectivity index (χ2v) is 5.94. The van der Waals surface area contributed by atoms with E-state index in [1.807, 2.05) is 0 Å². The van der Waals surface area contributed by atoms with Crippen molar-refractivity contribution >= 4 is 0 Å². The van der Waals surface area contributed by atoms with Crippen molar-refractivity contribution in [2.45, 2.75) is 39.0 Å². The predicted octanol–water partition coefficient (Wildman–Crippen LogP) is 3.47. The first-order valence-corrected chi connectivity index (χ1v) is 8.21. The molecule has 2 rings (SSSR count). The van der Waals surface area contributed by atoms with Crippen LogP contribution >= 0.6 is 0 Å². The lowest BCUT2D eigenvalue weighted by molar-refractivity contribution is 0.0374. The summed E-state index contributed by atoms with van der Waals surface area (Å²) < 4.78 is 10.9. The average Bonchev–Trinajstić information content (AvgIpc) is 2.55. The summed E-state index contributed by atoms with van der Waals surface area (Å²) in [5, 5.41) is 0. The summed E-state index contributed by atoms with van der Waals surface area (Å²) in [6.45, 7) is 9.63. The molecule has 1 atom stereocenters. The van der Waals surface area contributed by atoms with Crippen molar-refractivity contribution in [1.82, 2.24) is 4.90 Å². The highest BCUT2D eigenvalue weighted by atomic mass is 16.5. The fourth-order valence-corrected chi connectivity index (χ4v) is 2.88. The monoisotopic (exact) mass is 291 g/mol. The van der Waals surface area contributed by atoms with Crippen molar-refractivity contribution in [3.8, 4) is 5.75 Å². The smallest absolute Gasteiger partial charge is 0.122 e. The van der Waals surface area contributed by atoms with Crippen LogP contribution < -0.4 is 4.74 Å². The Bertz CT molecular complexity index is 427. The number of morpholine rings is 1. The maximum absolute atomic E-state index is 5.50. The number of aryl methyl sites for hydroxylation is 1. The molecule has 0 aromatic heterocycles. The summed E-state index contributed by atoms with van der Waals surface area (Å²) in [4.78, 5) is 2.50. The number of benzene rings is 1. The Kier molecular flexibility index (Phi) is 6.52. The van der Waals surface area contributed by atoms with Gasteiger partial charge < -0.3 is 9.47 Å². The van der Waals surface area contributed by atoms with Gasteiger partial charge in [0, 0.05) is 13.1 Å². The lowest BCUT2D eigenvalue weighted by Gasteiger charge is -2.26. The summed E-state index contributed by atoms with van der Waals surface area (Å²) in [6, 6.07) is 6.68. The summed E-state index contributed by atoms with van der Waals surface area (Å²) in [5.41, 5.74) is 2.78. The zero-order valence-corrected chi connectivity index (χ0v) is 13.7. The minimum absolute atomic E-state index is 0.555. The molecule has 1 aliphatic rings. The molecule has 1 heterocycles. The molecule has 0 amide bonds. The van der Waals surface area contributed by atoms with E-state index < -0.39 is 0 Å². The zero-order chi connectivity index (χ0) is 15.1. The fraction of sp³-hybridized carbons (Fsp3) is 0.667. The van der Waals surface area contributed by atoms with Gasteiger partial charge in [0.05, 0.1) is 20.3 Å². The maximum Gasteiger partial charge on any atom is 0.122 e. The van der Waals surface area contributed by atoms with Crippen LogP contribution in [-0.2, 0) is 11.2 Å². The summed E-state index contributed by atoms with van der Waals surface area (Å²) in [5.74, 6) is 1.58. The Morgan fingerprint density at radius 3 is 2.71 bits per heavy atom. The average molecular weight is 291 g/mol. The molecule has 21 heavy (non-hydrogen) atoms. The standard InChI is InChI=1S/C18H29NO2/c1-4-15(2)17-14-16(7-8-18(17)20-3)6-5-9-19-10-12-21-13-11-19/h7-8,14-15H,4-6,9-13H2,1-3H3. The molecule has 3 nitrogen and oxygen atoms in total. The highest BCUT2D eigenvalue weighted by molar-refractivity contribution is 5.39. The molecule has 0 radical (unpaired) electrons. The molecule has 0 bridgehead atoms. The van der Waals surface area contributed by atoms with E-state index in [9.17, 15) is 0 Å². The van der Waals surface area contributed by atoms with Crippen LogP contribution in [0.5, 0.6) is 5.75 Å². The van der Waals surface area contributed by atoms with Crippen molar-refractivity contribution in [1.29, 1.82) is 0 Å². The maximum atomic E-state index is 5.50. The van der Waals surface area contributed by atoms with Gasteiger partial charge in [-0.05, 0) is 48.9 Å². The highest BCUT2D eigenvalue weighted by Gasteiger charge is 2.12. The van der Waals surface area contributed by atoms with Crippen LogP contribution in [0.4, 0.5) is 0 Å². The molecule has 0 N–H and O–H groups in total. The number of ether oxygens (including phenoxy) is 2. The second-order valence-electron chi connectivity index (χ2n) is 5.94. The molecule has 0 spiro atoms. The van der Waals surface area contributed by atoms with E-state index >= 15 is 0 Å². The first-order chi connectivity index (χ1) is 10.2. The van der Waals surface area contributed by atoms with E-state index in [-0.39, 0.29) is 0 Å². The Balaban J connectivity index is 1.90. The molecule has 1 fully saturated rings. The number of rotatable bonds is 7. The minimum Gasteiger partial charge on any atom is -0.496 e. The van der Waals surface area contributed by atoms with Gasteiger partial charge in [0.1, 0.15) is 5.75 Å². The minimum atomic E-state index is 0.555. The lowest BCUT2D eigenvalue weighted by Crippen LogP contribution is -2.36. The SMILES string of the molecule is CCC(C)c1cc(CCCN2CCOCC2)ccc1OC. The summed E-state index contributed by atoms with van der Waals surface area (Å²) >= 11 is 0. The topological polar surface area (TPSA) is 21.7 Å². The molecular weight excluding hydrogens is 262 g/mol. The number of methoxy groups -OCH3 is 1. The predicted molar refractivity (Wildman–Crippen MR) is 87.3 cm³/mol. The van der Waals surface area contributed by atoms with Gasteiger partial charge in [-0.25, -0.2) is 0 Å². The van der Waals surface area contributed by atoms with E-state index in [1.165, 1.54) is 24.1 Å². The molecule has 1 aliphatic heterocycles. The van der Waals surface area contributed by atoms with Gasteiger partial charge in [0.25, 0.3) is 0 Å². The van der Waals surface area contributed by atoms with Crippen LogP contribution in [0.2, 0.25) is 0 Å². The molecule has 1 aromatic rings. The molecule has 1 aromatic carbocycles. The Morgan fingerprint density at radius 2 is 2.05 bits per heavy atom. The zero-order valence-electron chi connectivity index (χ0n) is 13.7. The van der Waals surface area contributed by atoms with Crippen LogP contribution in [0.25, 0.3) is 0 Å². The number of nitrogens with zero attached hydrogens (tertiary/aromatic N) is 1. The number of hydrogen-bond acceptors (Lipinski definition) is 3. The lowest BCUT2D eigenvalue weighted by atomic mass is 9.94. The van der Waals surface area contributed by atoms with Crippen LogP contribution in [0.3, 0.4) is 0 Å². The van der Waals surface area contributed by atoms with Crippen molar-refractivity contribution in [2.75, 3.05) is 40.0 Å². The molecule has 0 aliphatic carbocycles. The normalized spacial score (nSPS) is 17.7. The van der Waals surface area contributed by atoms with Crippen LogP contribution in [0.15, 0.2) is 18.2 Å². The molecule has 3 heteroatoms. The van der Waals surface area contributed by atoms with Crippen molar-refractivity contribution in [2.24, 2.45) is 0 Å². The van der Waals surface area contributed by atoms with Gasteiger partial charge in [-0.1, -0.05) is 26.0 Å². The fourth-order valence-electron chi connectivity index (χ4n) is 2.88. The van der Waals surface area contributed by atoms with Gasteiger partial charge in [0.2, 0.25) is 0 Å². The third-order valence-corrected chi connectivity index (χ3v) is 4.48. The van der Waals surface area contributed by atoms with Crippen LogP contribution in [0, 0.1) is 0 Å². The molecule has 1 saturated heterocycles. The molecule has 0 saturated carbocycles. The molecule has 1 unspecified atom stereocenters. The van der Waals surface area contributed by atoms with Crippen LogP contribution in [-0.4, -0.2) is 44.9 Å². The Labute approximate surface area is 129 Å². The highest BCUT2D eigenvalue weighted by Crippen LogP contribution is 2.29. The van der Waals surface area contributed by atoms with E-state index in [4.69, 9.17) is 9.47 Å². The summed E-state index contributed by atoms with van der Waals surface area (Å²) in [7, 11) is 1.76. The third-order valence-electron chi connectivity index (χ3n) is 4.48. The van der Waals surface area contributed by atoms with E-state index in [0.717, 1.165) is 44.9 Å². The van der Waals surface area contributed by atoms with E-state index in [0.29, 0.717) is 5.92 Å². The van der Waals surface area contributed by atoms with Gasteiger partial charge in [-0.2, -0.15) is 0 Å². The van der Waals surface area contributed by atoms with Crippen molar-refractivity contribution in [3.63, 3.8) is 0 Å². The largest absolute Gasteiger partial charge is 0.496 e. The van der Waals surface area contributed by atoms with Crippen LogP contribution in [0.1, 0.15) is 43.7 Å². The first-order valence-electron chi connectivity index (χ1n) is 8.21. The van der Waals surface area contributed by atoms with Gasteiger partial charge in [-0.15, -0.1) is 0 Å². The summed E-state index contributed by atoms with van der Waals surface area (Å²) in [6.07, 6.45) is 3.50. The van der Waals surface area contributed by atoms with E-state index in [1.54, 1.807) is 7.11 Å².